The van der Waals surface area contributed by atoms with E-state index in [0.29, 0.717) is 30.0 Å². The highest BCUT2D eigenvalue weighted by Crippen LogP contribution is 2.22. The molecular weight excluding hydrogens is 350 g/mol. The van der Waals surface area contributed by atoms with E-state index in [1.54, 1.807) is 6.07 Å². The zero-order chi connectivity index (χ0) is 20.1. The number of amides is 2. The number of nitrogens with two attached hydrogens (primary N) is 1. The van der Waals surface area contributed by atoms with Gasteiger partial charge in [0.15, 0.2) is 0 Å². The van der Waals surface area contributed by atoms with E-state index in [1.165, 1.54) is 0 Å². The molecule has 1 saturated heterocycles. The number of carbonyl (C=O) groups excluding carboxylic acids is 2. The standard InChI is InChI=1S/C23H29N3O2/c1-16-11-13-26(14-12-16)23(28)19-7-9-21(17(2)15-19)25-22(27)10-8-18-5-3-4-6-20(18)24/h3-7,9,15-16H,8,10-14,24H2,1-2H3,(H,25,27). The molecule has 0 spiro atoms. The maximum Gasteiger partial charge on any atom is 0.253 e. The van der Waals surface area contributed by atoms with Gasteiger partial charge >= 0.3 is 0 Å². The highest BCUT2D eigenvalue weighted by molar-refractivity contribution is 5.96. The van der Waals surface area contributed by atoms with Gasteiger partial charge in [0.2, 0.25) is 5.91 Å². The fourth-order valence-corrected chi connectivity index (χ4v) is 3.55. The first-order valence-electron chi connectivity index (χ1n) is 9.97. The number of likely N-dealkylation sites (tertiary alicyclic amines) is 1. The molecule has 0 aromatic heterocycles. The molecule has 2 aromatic rings. The number of piperidine rings is 1. The zero-order valence-electron chi connectivity index (χ0n) is 16.7. The summed E-state index contributed by atoms with van der Waals surface area (Å²) in [5.74, 6) is 0.706. The fraction of sp³-hybridized carbons (Fsp3) is 0.391. The van der Waals surface area contributed by atoms with Gasteiger partial charge in [0.25, 0.3) is 5.91 Å². The Labute approximate surface area is 166 Å². The summed E-state index contributed by atoms with van der Waals surface area (Å²) in [6.07, 6.45) is 3.08. The molecule has 148 valence electrons. The molecule has 5 nitrogen and oxygen atoms in total. The van der Waals surface area contributed by atoms with Crippen molar-refractivity contribution in [1.82, 2.24) is 4.90 Å². The number of carbonyl (C=O) groups is 2. The van der Waals surface area contributed by atoms with Gasteiger partial charge in [0.1, 0.15) is 0 Å². The van der Waals surface area contributed by atoms with Crippen LogP contribution < -0.4 is 11.1 Å². The van der Waals surface area contributed by atoms with E-state index in [-0.39, 0.29) is 11.8 Å². The Kier molecular flexibility index (Phi) is 6.34. The zero-order valence-corrected chi connectivity index (χ0v) is 16.7. The molecule has 1 heterocycles. The third kappa shape index (κ3) is 4.91. The van der Waals surface area contributed by atoms with Crippen molar-refractivity contribution in [3.05, 3.63) is 59.2 Å². The Bertz CT molecular complexity index is 855. The number of benzene rings is 2. The quantitative estimate of drug-likeness (QED) is 0.771. The first-order valence-corrected chi connectivity index (χ1v) is 9.97. The van der Waals surface area contributed by atoms with Crippen molar-refractivity contribution >= 4 is 23.2 Å². The number of para-hydroxylation sites is 1. The largest absolute Gasteiger partial charge is 0.399 e. The Morgan fingerprint density at radius 1 is 1.14 bits per heavy atom. The topological polar surface area (TPSA) is 75.4 Å². The number of hydrogen-bond acceptors (Lipinski definition) is 3. The van der Waals surface area contributed by atoms with Crippen molar-refractivity contribution in [3.63, 3.8) is 0 Å². The molecule has 0 unspecified atom stereocenters. The molecule has 1 aliphatic rings. The molecule has 28 heavy (non-hydrogen) atoms. The molecule has 0 radical (unpaired) electrons. The summed E-state index contributed by atoms with van der Waals surface area (Å²) in [6.45, 7) is 5.79. The van der Waals surface area contributed by atoms with Crippen LogP contribution in [0, 0.1) is 12.8 Å². The predicted octanol–water partition coefficient (Wildman–Crippen LogP) is 4.02. The summed E-state index contributed by atoms with van der Waals surface area (Å²) >= 11 is 0. The lowest BCUT2D eigenvalue weighted by Crippen LogP contribution is -2.37. The molecule has 0 saturated carbocycles. The van der Waals surface area contributed by atoms with Gasteiger partial charge in [-0.25, -0.2) is 0 Å². The van der Waals surface area contributed by atoms with E-state index >= 15 is 0 Å². The average Bonchev–Trinajstić information content (AvgIpc) is 2.69. The van der Waals surface area contributed by atoms with Crippen molar-refractivity contribution in [2.45, 2.75) is 39.5 Å². The Morgan fingerprint density at radius 3 is 2.54 bits per heavy atom. The lowest BCUT2D eigenvalue weighted by atomic mass is 9.98. The minimum absolute atomic E-state index is 0.0598. The third-order valence-corrected chi connectivity index (χ3v) is 5.49. The molecule has 2 aromatic carbocycles. The summed E-state index contributed by atoms with van der Waals surface area (Å²) in [5.41, 5.74) is 9.94. The van der Waals surface area contributed by atoms with Crippen LogP contribution >= 0.6 is 0 Å². The summed E-state index contributed by atoms with van der Waals surface area (Å²) < 4.78 is 0. The van der Waals surface area contributed by atoms with Crippen LogP contribution in [-0.4, -0.2) is 29.8 Å². The minimum Gasteiger partial charge on any atom is -0.399 e. The first-order chi connectivity index (χ1) is 13.4. The van der Waals surface area contributed by atoms with Crippen LogP contribution in [0.5, 0.6) is 0 Å². The van der Waals surface area contributed by atoms with Gasteiger partial charge in [0, 0.05) is 36.4 Å². The molecule has 1 aliphatic heterocycles. The monoisotopic (exact) mass is 379 g/mol. The van der Waals surface area contributed by atoms with Crippen LogP contribution in [0.3, 0.4) is 0 Å². The molecule has 3 N–H and O–H groups in total. The third-order valence-electron chi connectivity index (χ3n) is 5.49. The van der Waals surface area contributed by atoms with Gasteiger partial charge in [-0.1, -0.05) is 25.1 Å². The summed E-state index contributed by atoms with van der Waals surface area (Å²) in [5, 5.41) is 2.95. The van der Waals surface area contributed by atoms with Crippen molar-refractivity contribution < 1.29 is 9.59 Å². The van der Waals surface area contributed by atoms with E-state index < -0.39 is 0 Å². The van der Waals surface area contributed by atoms with E-state index in [9.17, 15) is 9.59 Å². The van der Waals surface area contributed by atoms with Crippen LogP contribution in [-0.2, 0) is 11.2 Å². The van der Waals surface area contributed by atoms with Gasteiger partial charge in [0.05, 0.1) is 0 Å². The van der Waals surface area contributed by atoms with Crippen molar-refractivity contribution in [1.29, 1.82) is 0 Å². The molecule has 0 atom stereocenters. The number of nitrogens with one attached hydrogen (secondary N) is 1. The molecule has 5 heteroatoms. The van der Waals surface area contributed by atoms with Gasteiger partial charge in [-0.2, -0.15) is 0 Å². The Balaban J connectivity index is 1.58. The minimum atomic E-state index is -0.0598. The van der Waals surface area contributed by atoms with Crippen molar-refractivity contribution in [2.24, 2.45) is 5.92 Å². The number of nitrogen functional groups attached to an aromatic ring is 1. The molecular formula is C23H29N3O2. The predicted molar refractivity (Wildman–Crippen MR) is 113 cm³/mol. The lowest BCUT2D eigenvalue weighted by molar-refractivity contribution is -0.116. The summed E-state index contributed by atoms with van der Waals surface area (Å²) in [7, 11) is 0. The Morgan fingerprint density at radius 2 is 1.86 bits per heavy atom. The molecule has 2 amide bonds. The molecule has 1 fully saturated rings. The number of anilines is 2. The fourth-order valence-electron chi connectivity index (χ4n) is 3.55. The number of aryl methyl sites for hydroxylation is 2. The van der Waals surface area contributed by atoms with Crippen molar-refractivity contribution in [2.75, 3.05) is 24.1 Å². The second kappa shape index (κ2) is 8.91. The number of nitrogens with zero attached hydrogens (tertiary/aromatic N) is 1. The maximum absolute atomic E-state index is 12.7. The highest BCUT2D eigenvalue weighted by Gasteiger charge is 2.21. The molecule has 0 bridgehead atoms. The maximum atomic E-state index is 12.7. The van der Waals surface area contributed by atoms with Gasteiger partial charge in [-0.05, 0) is 67.5 Å². The van der Waals surface area contributed by atoms with Gasteiger partial charge in [-0.15, -0.1) is 0 Å². The second-order valence-corrected chi connectivity index (χ2v) is 7.75. The van der Waals surface area contributed by atoms with Crippen molar-refractivity contribution in [3.8, 4) is 0 Å². The molecule has 0 aliphatic carbocycles. The van der Waals surface area contributed by atoms with Crippen LogP contribution in [0.2, 0.25) is 0 Å². The van der Waals surface area contributed by atoms with Gasteiger partial charge < -0.3 is 16.0 Å². The van der Waals surface area contributed by atoms with E-state index in [1.807, 2.05) is 48.2 Å². The number of hydrogen-bond donors (Lipinski definition) is 2. The number of rotatable bonds is 5. The lowest BCUT2D eigenvalue weighted by Gasteiger charge is -2.30. The average molecular weight is 380 g/mol. The highest BCUT2D eigenvalue weighted by atomic mass is 16.2. The summed E-state index contributed by atoms with van der Waals surface area (Å²) in [4.78, 5) is 27.0. The van der Waals surface area contributed by atoms with Crippen LogP contribution in [0.15, 0.2) is 42.5 Å². The van der Waals surface area contributed by atoms with Crippen LogP contribution in [0.1, 0.15) is 47.7 Å². The van der Waals surface area contributed by atoms with Gasteiger partial charge in [-0.3, -0.25) is 9.59 Å². The van der Waals surface area contributed by atoms with Crippen LogP contribution in [0.25, 0.3) is 0 Å². The second-order valence-electron chi connectivity index (χ2n) is 7.75. The van der Waals surface area contributed by atoms with E-state index in [0.717, 1.165) is 42.7 Å². The SMILES string of the molecule is Cc1cc(C(=O)N2CCC(C)CC2)ccc1NC(=O)CCc1ccccc1N. The first kappa shape index (κ1) is 19.9. The smallest absolute Gasteiger partial charge is 0.253 e. The Hall–Kier alpha value is -2.82. The molecule has 3 rings (SSSR count). The summed E-state index contributed by atoms with van der Waals surface area (Å²) in [6, 6.07) is 13.1. The van der Waals surface area contributed by atoms with E-state index in [4.69, 9.17) is 5.73 Å². The normalized spacial score (nSPS) is 14.7. The van der Waals surface area contributed by atoms with E-state index in [2.05, 4.69) is 12.2 Å². The van der Waals surface area contributed by atoms with Crippen LogP contribution in [0.4, 0.5) is 11.4 Å².